The Kier molecular flexibility index (Phi) is 4.54. The average Bonchev–Trinajstić information content (AvgIpc) is 2.81. The largest absolute Gasteiger partial charge is 0.478 e. The number of hydrogen-bond donors (Lipinski definition) is 1. The minimum absolute atomic E-state index is 0.126. The van der Waals surface area contributed by atoms with Crippen molar-refractivity contribution in [3.63, 3.8) is 0 Å². The SMILES string of the molecule is CCC1(CC)CCN(C(=O)C(C)=C(C)C(=O)O)C1. The van der Waals surface area contributed by atoms with Crippen LogP contribution in [-0.4, -0.2) is 35.0 Å². The van der Waals surface area contributed by atoms with Gasteiger partial charge >= 0.3 is 5.97 Å². The molecule has 0 spiro atoms. The van der Waals surface area contributed by atoms with Gasteiger partial charge in [-0.3, -0.25) is 4.79 Å². The molecule has 1 amide bonds. The lowest BCUT2D eigenvalue weighted by atomic mass is 9.82. The van der Waals surface area contributed by atoms with Crippen molar-refractivity contribution >= 4 is 11.9 Å². The second-order valence-corrected chi connectivity index (χ2v) is 5.24. The zero-order chi connectivity index (χ0) is 13.9. The summed E-state index contributed by atoms with van der Waals surface area (Å²) in [6, 6.07) is 0. The normalized spacial score (nSPS) is 19.7. The molecule has 1 N–H and O–H groups in total. The van der Waals surface area contributed by atoms with Gasteiger partial charge in [0.15, 0.2) is 0 Å². The highest BCUT2D eigenvalue weighted by atomic mass is 16.4. The van der Waals surface area contributed by atoms with E-state index in [2.05, 4.69) is 13.8 Å². The predicted molar refractivity (Wildman–Crippen MR) is 70.2 cm³/mol. The molecule has 0 aromatic carbocycles. The van der Waals surface area contributed by atoms with E-state index in [0.29, 0.717) is 5.57 Å². The molecule has 0 radical (unpaired) electrons. The Hall–Kier alpha value is -1.32. The highest BCUT2D eigenvalue weighted by Gasteiger charge is 2.37. The number of aliphatic carboxylic acids is 1. The molecular weight excluding hydrogens is 230 g/mol. The van der Waals surface area contributed by atoms with E-state index in [1.807, 2.05) is 0 Å². The molecule has 0 aromatic rings. The summed E-state index contributed by atoms with van der Waals surface area (Å²) in [5, 5.41) is 8.91. The zero-order valence-electron chi connectivity index (χ0n) is 11.7. The molecule has 1 aliphatic heterocycles. The Morgan fingerprint density at radius 3 is 2.11 bits per heavy atom. The molecule has 1 heterocycles. The summed E-state index contributed by atoms with van der Waals surface area (Å²) >= 11 is 0. The summed E-state index contributed by atoms with van der Waals surface area (Å²) in [5.41, 5.74) is 0.726. The van der Waals surface area contributed by atoms with Crippen molar-refractivity contribution in [2.75, 3.05) is 13.1 Å². The molecule has 0 aromatic heterocycles. The van der Waals surface area contributed by atoms with Crippen molar-refractivity contribution in [2.45, 2.75) is 47.0 Å². The van der Waals surface area contributed by atoms with Crippen LogP contribution in [-0.2, 0) is 9.59 Å². The molecule has 0 bridgehead atoms. The molecular formula is C14H23NO3. The van der Waals surface area contributed by atoms with Gasteiger partial charge in [-0.15, -0.1) is 0 Å². The molecule has 1 saturated heterocycles. The van der Waals surface area contributed by atoms with Gasteiger partial charge in [-0.05, 0) is 38.5 Å². The van der Waals surface area contributed by atoms with Gasteiger partial charge < -0.3 is 10.0 Å². The summed E-state index contributed by atoms with van der Waals surface area (Å²) in [5.74, 6) is -1.14. The molecule has 4 nitrogen and oxygen atoms in total. The van der Waals surface area contributed by atoms with E-state index in [9.17, 15) is 9.59 Å². The topological polar surface area (TPSA) is 57.6 Å². The highest BCUT2D eigenvalue weighted by molar-refractivity contribution is 6.01. The maximum atomic E-state index is 12.2. The highest BCUT2D eigenvalue weighted by Crippen LogP contribution is 2.37. The van der Waals surface area contributed by atoms with Gasteiger partial charge in [0.2, 0.25) is 5.91 Å². The van der Waals surface area contributed by atoms with Crippen LogP contribution in [0.3, 0.4) is 0 Å². The van der Waals surface area contributed by atoms with E-state index >= 15 is 0 Å². The molecule has 0 aliphatic carbocycles. The first-order valence-electron chi connectivity index (χ1n) is 6.57. The third-order valence-electron chi connectivity index (χ3n) is 4.43. The molecule has 1 rings (SSSR count). The first-order chi connectivity index (χ1) is 8.37. The van der Waals surface area contributed by atoms with Crippen LogP contribution < -0.4 is 0 Å². The van der Waals surface area contributed by atoms with E-state index in [1.54, 1.807) is 11.8 Å². The van der Waals surface area contributed by atoms with Crippen LogP contribution in [0.15, 0.2) is 11.1 Å². The van der Waals surface area contributed by atoms with E-state index in [4.69, 9.17) is 5.11 Å². The molecule has 0 atom stereocenters. The number of likely N-dealkylation sites (tertiary alicyclic amines) is 1. The third-order valence-corrected chi connectivity index (χ3v) is 4.43. The zero-order valence-corrected chi connectivity index (χ0v) is 11.7. The Morgan fingerprint density at radius 2 is 1.72 bits per heavy atom. The van der Waals surface area contributed by atoms with Crippen LogP contribution >= 0.6 is 0 Å². The van der Waals surface area contributed by atoms with Gasteiger partial charge in [-0.2, -0.15) is 0 Å². The minimum Gasteiger partial charge on any atom is -0.478 e. The Morgan fingerprint density at radius 1 is 1.17 bits per heavy atom. The molecule has 18 heavy (non-hydrogen) atoms. The number of rotatable bonds is 4. The molecule has 4 heteroatoms. The standard InChI is InChI=1S/C14H23NO3/c1-5-14(6-2)7-8-15(9-14)12(16)10(3)11(4)13(17)18/h5-9H2,1-4H3,(H,17,18). The third kappa shape index (κ3) is 2.74. The number of amides is 1. The summed E-state index contributed by atoms with van der Waals surface area (Å²) in [6.07, 6.45) is 3.15. The van der Waals surface area contributed by atoms with Crippen LogP contribution in [0.5, 0.6) is 0 Å². The van der Waals surface area contributed by atoms with Crippen molar-refractivity contribution in [1.82, 2.24) is 4.90 Å². The molecule has 1 fully saturated rings. The van der Waals surface area contributed by atoms with Crippen molar-refractivity contribution < 1.29 is 14.7 Å². The van der Waals surface area contributed by atoms with Crippen molar-refractivity contribution in [2.24, 2.45) is 5.41 Å². The summed E-state index contributed by atoms with van der Waals surface area (Å²) < 4.78 is 0. The van der Waals surface area contributed by atoms with Gasteiger partial charge in [0, 0.05) is 24.2 Å². The number of carboxylic acids is 1. The summed E-state index contributed by atoms with van der Waals surface area (Å²) in [4.78, 5) is 24.9. The molecule has 1 aliphatic rings. The summed E-state index contributed by atoms with van der Waals surface area (Å²) in [7, 11) is 0. The van der Waals surface area contributed by atoms with E-state index in [1.165, 1.54) is 6.92 Å². The fourth-order valence-electron chi connectivity index (χ4n) is 2.49. The number of carboxylic acid groups (broad SMARTS) is 1. The van der Waals surface area contributed by atoms with Gasteiger partial charge in [0.05, 0.1) is 0 Å². The minimum atomic E-state index is -1.02. The van der Waals surface area contributed by atoms with Gasteiger partial charge in [0.1, 0.15) is 0 Å². The second-order valence-electron chi connectivity index (χ2n) is 5.24. The fraction of sp³-hybridized carbons (Fsp3) is 0.714. The number of carbonyl (C=O) groups excluding carboxylic acids is 1. The van der Waals surface area contributed by atoms with E-state index in [-0.39, 0.29) is 16.9 Å². The maximum absolute atomic E-state index is 12.2. The van der Waals surface area contributed by atoms with Crippen molar-refractivity contribution in [3.05, 3.63) is 11.1 Å². The number of carbonyl (C=O) groups is 2. The molecule has 0 unspecified atom stereocenters. The van der Waals surface area contributed by atoms with Gasteiger partial charge in [-0.25, -0.2) is 4.79 Å². The first kappa shape index (κ1) is 14.7. The van der Waals surface area contributed by atoms with Gasteiger partial charge in [0.25, 0.3) is 0 Å². The monoisotopic (exact) mass is 253 g/mol. The van der Waals surface area contributed by atoms with E-state index in [0.717, 1.165) is 32.4 Å². The maximum Gasteiger partial charge on any atom is 0.331 e. The lowest BCUT2D eigenvalue weighted by Crippen LogP contribution is -2.33. The lowest BCUT2D eigenvalue weighted by Gasteiger charge is -2.26. The van der Waals surface area contributed by atoms with Crippen LogP contribution in [0.4, 0.5) is 0 Å². The first-order valence-corrected chi connectivity index (χ1v) is 6.57. The van der Waals surface area contributed by atoms with Crippen LogP contribution in [0, 0.1) is 5.41 Å². The Balaban J connectivity index is 2.83. The predicted octanol–water partition coefficient (Wildman–Crippen LogP) is 2.45. The number of nitrogens with zero attached hydrogens (tertiary/aromatic N) is 1. The average molecular weight is 253 g/mol. The number of hydrogen-bond acceptors (Lipinski definition) is 2. The van der Waals surface area contributed by atoms with Gasteiger partial charge in [-0.1, -0.05) is 13.8 Å². The quantitative estimate of drug-likeness (QED) is 0.783. The van der Waals surface area contributed by atoms with Crippen LogP contribution in [0.25, 0.3) is 0 Å². The van der Waals surface area contributed by atoms with E-state index < -0.39 is 5.97 Å². The Bertz CT molecular complexity index is 381. The lowest BCUT2D eigenvalue weighted by molar-refractivity contribution is -0.133. The Labute approximate surface area is 109 Å². The van der Waals surface area contributed by atoms with Crippen molar-refractivity contribution in [3.8, 4) is 0 Å². The van der Waals surface area contributed by atoms with Crippen molar-refractivity contribution in [1.29, 1.82) is 0 Å². The smallest absolute Gasteiger partial charge is 0.331 e. The van der Waals surface area contributed by atoms with Crippen LogP contribution in [0.1, 0.15) is 47.0 Å². The van der Waals surface area contributed by atoms with Crippen LogP contribution in [0.2, 0.25) is 0 Å². The fourth-order valence-corrected chi connectivity index (χ4v) is 2.49. The second kappa shape index (κ2) is 5.55. The molecule has 102 valence electrons. The molecule has 0 saturated carbocycles. The summed E-state index contributed by atoms with van der Waals surface area (Å²) in [6.45, 7) is 8.89.